The lowest BCUT2D eigenvalue weighted by Crippen LogP contribution is -2.37. The molecular weight excluding hydrogens is 314 g/mol. The largest absolute Gasteiger partial charge is 0.493 e. The van der Waals surface area contributed by atoms with E-state index < -0.39 is 0 Å². The minimum Gasteiger partial charge on any atom is -0.493 e. The number of morpholine rings is 1. The van der Waals surface area contributed by atoms with Gasteiger partial charge in [-0.1, -0.05) is 11.6 Å². The molecule has 1 saturated heterocycles. The Morgan fingerprint density at radius 2 is 2.26 bits per heavy atom. The van der Waals surface area contributed by atoms with Crippen molar-refractivity contribution in [3.05, 3.63) is 46.2 Å². The van der Waals surface area contributed by atoms with Gasteiger partial charge in [0.1, 0.15) is 5.75 Å². The normalized spacial score (nSPS) is 21.2. The van der Waals surface area contributed by atoms with E-state index in [9.17, 15) is 0 Å². The monoisotopic (exact) mass is 333 g/mol. The molecule has 1 fully saturated rings. The topological polar surface area (TPSA) is 39.5 Å². The second-order valence-electron chi connectivity index (χ2n) is 6.19. The van der Waals surface area contributed by atoms with Gasteiger partial charge in [-0.25, -0.2) is 0 Å². The molecule has 0 aliphatic carbocycles. The van der Waals surface area contributed by atoms with Crippen LogP contribution in [0.4, 0.5) is 0 Å². The highest BCUT2D eigenvalue weighted by atomic mass is 35.5. The van der Waals surface area contributed by atoms with Crippen LogP contribution in [-0.4, -0.2) is 41.0 Å². The van der Waals surface area contributed by atoms with Crippen molar-refractivity contribution in [1.82, 2.24) is 14.7 Å². The van der Waals surface area contributed by atoms with Gasteiger partial charge in [-0.15, -0.1) is 0 Å². The van der Waals surface area contributed by atoms with Gasteiger partial charge < -0.3 is 9.47 Å². The van der Waals surface area contributed by atoms with Crippen LogP contribution in [0.2, 0.25) is 5.02 Å². The molecule has 0 radical (unpaired) electrons. The fourth-order valence-corrected chi connectivity index (χ4v) is 3.62. The Labute approximate surface area is 140 Å². The molecule has 0 spiro atoms. The molecule has 23 heavy (non-hydrogen) atoms. The Kier molecular flexibility index (Phi) is 4.01. The maximum Gasteiger partial charge on any atom is 0.127 e. The Morgan fingerprint density at radius 3 is 3.09 bits per heavy atom. The number of fused-ring (bicyclic) bond motifs is 1. The number of hydrogen-bond donors (Lipinski definition) is 0. The number of aryl methyl sites for hydroxylation is 1. The Balaban J connectivity index is 1.51. The third-order valence-electron chi connectivity index (χ3n) is 4.47. The van der Waals surface area contributed by atoms with Crippen molar-refractivity contribution in [2.45, 2.75) is 19.1 Å². The molecule has 3 heterocycles. The van der Waals surface area contributed by atoms with E-state index in [1.165, 1.54) is 11.1 Å². The fraction of sp³-hybridized carbons (Fsp3) is 0.471. The van der Waals surface area contributed by atoms with Crippen molar-refractivity contribution >= 4 is 11.6 Å². The average molecular weight is 334 g/mol. The van der Waals surface area contributed by atoms with Crippen molar-refractivity contribution in [2.24, 2.45) is 7.05 Å². The standard InChI is InChI=1S/C17H20ClN3O2/c1-20-9-14(8-19-20)16-11-21(3-5-22-16)10-13-7-15(18)6-12-2-4-23-17(12)13/h6-9,16H,2-5,10-11H2,1H3. The van der Waals surface area contributed by atoms with Crippen LogP contribution in [0, 0.1) is 0 Å². The van der Waals surface area contributed by atoms with Crippen molar-refractivity contribution < 1.29 is 9.47 Å². The summed E-state index contributed by atoms with van der Waals surface area (Å²) in [6.07, 6.45) is 4.93. The van der Waals surface area contributed by atoms with Gasteiger partial charge in [-0.2, -0.15) is 5.10 Å². The first-order chi connectivity index (χ1) is 11.2. The molecule has 1 atom stereocenters. The van der Waals surface area contributed by atoms with E-state index >= 15 is 0 Å². The van der Waals surface area contributed by atoms with Crippen molar-refractivity contribution in [1.29, 1.82) is 0 Å². The van der Waals surface area contributed by atoms with Crippen molar-refractivity contribution in [3.63, 3.8) is 0 Å². The highest BCUT2D eigenvalue weighted by Crippen LogP contribution is 2.34. The number of ether oxygens (including phenoxy) is 2. The van der Waals surface area contributed by atoms with Gasteiger partial charge in [0.05, 0.1) is 25.5 Å². The lowest BCUT2D eigenvalue weighted by atomic mass is 10.1. The van der Waals surface area contributed by atoms with Crippen LogP contribution in [0.5, 0.6) is 5.75 Å². The Bertz CT molecular complexity index is 716. The van der Waals surface area contributed by atoms with E-state index in [4.69, 9.17) is 21.1 Å². The van der Waals surface area contributed by atoms with Crippen LogP contribution in [0.3, 0.4) is 0 Å². The first-order valence-corrected chi connectivity index (χ1v) is 8.33. The molecule has 2 aliphatic rings. The minimum atomic E-state index is 0.0746. The van der Waals surface area contributed by atoms with Gasteiger partial charge in [-0.3, -0.25) is 9.58 Å². The van der Waals surface area contributed by atoms with E-state index in [1.54, 1.807) is 0 Å². The predicted octanol–water partition coefficient (Wildman–Crippen LogP) is 2.58. The van der Waals surface area contributed by atoms with Crippen LogP contribution in [0.15, 0.2) is 24.5 Å². The summed E-state index contributed by atoms with van der Waals surface area (Å²) >= 11 is 6.26. The van der Waals surface area contributed by atoms with Crippen molar-refractivity contribution in [3.8, 4) is 5.75 Å². The average Bonchev–Trinajstić information content (AvgIpc) is 3.16. The first kappa shape index (κ1) is 15.0. The Morgan fingerprint density at radius 1 is 1.35 bits per heavy atom. The molecule has 1 aromatic heterocycles. The lowest BCUT2D eigenvalue weighted by Gasteiger charge is -2.32. The SMILES string of the molecule is Cn1cc(C2CN(Cc3cc(Cl)cc4c3OCC4)CCO2)cn1. The van der Waals surface area contributed by atoms with Gasteiger partial charge in [0.25, 0.3) is 0 Å². The Hall–Kier alpha value is -1.56. The van der Waals surface area contributed by atoms with Crippen LogP contribution in [-0.2, 0) is 24.8 Å². The highest BCUT2D eigenvalue weighted by Gasteiger charge is 2.25. The highest BCUT2D eigenvalue weighted by molar-refractivity contribution is 6.30. The summed E-state index contributed by atoms with van der Waals surface area (Å²) in [6.45, 7) is 4.08. The number of hydrogen-bond acceptors (Lipinski definition) is 4. The zero-order chi connectivity index (χ0) is 15.8. The van der Waals surface area contributed by atoms with E-state index in [0.717, 1.165) is 55.6 Å². The zero-order valence-corrected chi connectivity index (χ0v) is 13.9. The maximum atomic E-state index is 6.26. The van der Waals surface area contributed by atoms with E-state index in [0.29, 0.717) is 0 Å². The third-order valence-corrected chi connectivity index (χ3v) is 4.68. The molecule has 5 nitrogen and oxygen atoms in total. The first-order valence-electron chi connectivity index (χ1n) is 7.95. The molecule has 2 aromatic rings. The number of rotatable bonds is 3. The van der Waals surface area contributed by atoms with Gasteiger partial charge >= 0.3 is 0 Å². The van der Waals surface area contributed by atoms with Crippen LogP contribution < -0.4 is 4.74 Å². The van der Waals surface area contributed by atoms with E-state index in [2.05, 4.69) is 10.00 Å². The maximum absolute atomic E-state index is 6.26. The van der Waals surface area contributed by atoms with Crippen LogP contribution in [0.1, 0.15) is 22.8 Å². The van der Waals surface area contributed by atoms with Gasteiger partial charge in [0.15, 0.2) is 0 Å². The molecule has 122 valence electrons. The smallest absolute Gasteiger partial charge is 0.127 e. The van der Waals surface area contributed by atoms with Gasteiger partial charge in [-0.05, 0) is 17.7 Å². The molecule has 0 saturated carbocycles. The third kappa shape index (κ3) is 3.09. The molecule has 6 heteroatoms. The van der Waals surface area contributed by atoms with Crippen LogP contribution >= 0.6 is 11.6 Å². The summed E-state index contributed by atoms with van der Waals surface area (Å²) in [5.41, 5.74) is 3.53. The fourth-order valence-electron chi connectivity index (χ4n) is 3.36. The summed E-state index contributed by atoms with van der Waals surface area (Å²) in [7, 11) is 1.93. The summed E-state index contributed by atoms with van der Waals surface area (Å²) in [5.74, 6) is 1.03. The molecule has 1 unspecified atom stereocenters. The predicted molar refractivity (Wildman–Crippen MR) is 87.8 cm³/mol. The minimum absolute atomic E-state index is 0.0746. The molecule has 0 amide bonds. The summed E-state index contributed by atoms with van der Waals surface area (Å²) in [6, 6.07) is 4.05. The summed E-state index contributed by atoms with van der Waals surface area (Å²) in [5, 5.41) is 5.03. The quantitative estimate of drug-likeness (QED) is 0.865. The zero-order valence-electron chi connectivity index (χ0n) is 13.2. The summed E-state index contributed by atoms with van der Waals surface area (Å²) in [4.78, 5) is 2.40. The van der Waals surface area contributed by atoms with Crippen molar-refractivity contribution in [2.75, 3.05) is 26.3 Å². The molecule has 0 bridgehead atoms. The van der Waals surface area contributed by atoms with E-state index in [-0.39, 0.29) is 6.10 Å². The van der Waals surface area contributed by atoms with Gasteiger partial charge in [0.2, 0.25) is 0 Å². The second kappa shape index (κ2) is 6.15. The molecule has 1 aromatic carbocycles. The van der Waals surface area contributed by atoms with Gasteiger partial charge in [0, 0.05) is 55.4 Å². The van der Waals surface area contributed by atoms with E-state index in [1.807, 2.05) is 36.3 Å². The molecule has 0 N–H and O–H groups in total. The summed E-state index contributed by atoms with van der Waals surface area (Å²) < 4.78 is 13.5. The van der Waals surface area contributed by atoms with Crippen LogP contribution in [0.25, 0.3) is 0 Å². The number of benzene rings is 1. The molecular formula is C17H20ClN3O2. The number of aromatic nitrogens is 2. The number of halogens is 1. The lowest BCUT2D eigenvalue weighted by molar-refractivity contribution is -0.0331. The number of nitrogens with zero attached hydrogens (tertiary/aromatic N) is 3. The second-order valence-corrected chi connectivity index (χ2v) is 6.63. The molecule has 2 aliphatic heterocycles. The molecule has 4 rings (SSSR count).